The fourth-order valence-electron chi connectivity index (χ4n) is 3.97. The molecule has 2 amide bonds. The number of rotatable bonds is 8. The van der Waals surface area contributed by atoms with Crippen LogP contribution in [0.2, 0.25) is 0 Å². The Morgan fingerprint density at radius 2 is 1.59 bits per heavy atom. The normalized spacial score (nSPS) is 11.6. The van der Waals surface area contributed by atoms with Crippen molar-refractivity contribution in [2.75, 3.05) is 0 Å². The summed E-state index contributed by atoms with van der Waals surface area (Å²) in [4.78, 5) is 26.6. The molecule has 0 radical (unpaired) electrons. The van der Waals surface area contributed by atoms with E-state index in [9.17, 15) is 9.59 Å². The smallest absolute Gasteiger partial charge is 0.287 e. The fourth-order valence-corrected chi connectivity index (χ4v) is 4.63. The fraction of sp³-hybridized carbons (Fsp3) is 0.0333. The van der Waals surface area contributed by atoms with Gasteiger partial charge in [-0.1, -0.05) is 72.8 Å². The van der Waals surface area contributed by atoms with Gasteiger partial charge < -0.3 is 9.88 Å². The second-order valence-corrected chi connectivity index (χ2v) is 9.29. The van der Waals surface area contributed by atoms with Gasteiger partial charge in [0.1, 0.15) is 5.70 Å². The predicted octanol–water partition coefficient (Wildman–Crippen LogP) is 5.67. The van der Waals surface area contributed by atoms with Crippen LogP contribution in [0, 0.1) is 0 Å². The zero-order valence-electron chi connectivity index (χ0n) is 19.9. The quantitative estimate of drug-likeness (QED) is 0.162. The van der Waals surface area contributed by atoms with Gasteiger partial charge in [-0.2, -0.15) is 5.10 Å². The Balaban J connectivity index is 1.35. The van der Waals surface area contributed by atoms with Crippen LogP contribution in [0.4, 0.5) is 0 Å². The molecular weight excluding hydrogens is 480 g/mol. The van der Waals surface area contributed by atoms with Crippen molar-refractivity contribution in [1.82, 2.24) is 15.3 Å². The highest BCUT2D eigenvalue weighted by atomic mass is 32.1. The number of hydrogen-bond donors (Lipinski definition) is 2. The Morgan fingerprint density at radius 3 is 2.35 bits per heavy atom. The number of hydrazone groups is 1. The number of carbonyl (C=O) groups excluding carboxylic acids is 2. The number of benzene rings is 3. The van der Waals surface area contributed by atoms with E-state index < -0.39 is 5.91 Å². The zero-order valence-corrected chi connectivity index (χ0v) is 20.7. The standard InChI is InChI=1S/C30H24N4O2S/c35-29(23-12-5-2-6-13-23)32-27(18-25-14-9-17-37-25)30(36)33-31-19-24-21-34(20-22-10-3-1-4-11-22)28-16-8-7-15-26(24)28/h1-19,21H,20H2,(H,32,35)(H,33,36)/b27-18+,31-19-. The molecule has 0 spiro atoms. The van der Waals surface area contributed by atoms with Crippen molar-refractivity contribution in [3.63, 3.8) is 0 Å². The molecule has 5 aromatic rings. The average Bonchev–Trinajstić information content (AvgIpc) is 3.57. The maximum Gasteiger partial charge on any atom is 0.287 e. The minimum absolute atomic E-state index is 0.111. The highest BCUT2D eigenvalue weighted by Gasteiger charge is 2.15. The molecule has 2 aromatic heterocycles. The van der Waals surface area contributed by atoms with Crippen LogP contribution in [-0.2, 0) is 11.3 Å². The lowest BCUT2D eigenvalue weighted by Gasteiger charge is -2.08. The molecule has 0 atom stereocenters. The topological polar surface area (TPSA) is 75.5 Å². The van der Waals surface area contributed by atoms with E-state index in [4.69, 9.17) is 0 Å². The van der Waals surface area contributed by atoms with Crippen LogP contribution in [0.1, 0.15) is 26.4 Å². The van der Waals surface area contributed by atoms with E-state index in [0.717, 1.165) is 27.9 Å². The molecule has 3 aromatic carbocycles. The number of aromatic nitrogens is 1. The van der Waals surface area contributed by atoms with Gasteiger partial charge in [0.05, 0.1) is 6.21 Å². The van der Waals surface area contributed by atoms with Gasteiger partial charge in [0.15, 0.2) is 0 Å². The highest BCUT2D eigenvalue weighted by molar-refractivity contribution is 7.10. The van der Waals surface area contributed by atoms with Crippen LogP contribution in [0.15, 0.2) is 119 Å². The Hall–Kier alpha value is -4.75. The van der Waals surface area contributed by atoms with E-state index in [-0.39, 0.29) is 11.6 Å². The van der Waals surface area contributed by atoms with Crippen molar-refractivity contribution in [2.45, 2.75) is 6.54 Å². The maximum absolute atomic E-state index is 13.0. The Labute approximate surface area is 218 Å². The van der Waals surface area contributed by atoms with Crippen molar-refractivity contribution >= 4 is 46.3 Å². The number of hydrogen-bond acceptors (Lipinski definition) is 4. The molecule has 7 heteroatoms. The summed E-state index contributed by atoms with van der Waals surface area (Å²) in [5.74, 6) is -0.881. The van der Waals surface area contributed by atoms with Crippen molar-refractivity contribution in [3.05, 3.63) is 136 Å². The van der Waals surface area contributed by atoms with E-state index >= 15 is 0 Å². The summed E-state index contributed by atoms with van der Waals surface area (Å²) in [6, 6.07) is 30.8. The molecule has 0 unspecified atom stereocenters. The third kappa shape index (κ3) is 5.91. The van der Waals surface area contributed by atoms with Gasteiger partial charge in [-0.3, -0.25) is 9.59 Å². The molecule has 2 heterocycles. The molecule has 0 fully saturated rings. The summed E-state index contributed by atoms with van der Waals surface area (Å²) in [7, 11) is 0. The molecule has 2 N–H and O–H groups in total. The summed E-state index contributed by atoms with van der Waals surface area (Å²) < 4.78 is 2.16. The Morgan fingerprint density at radius 1 is 0.865 bits per heavy atom. The number of nitrogens with one attached hydrogen (secondary N) is 2. The molecule has 182 valence electrons. The number of carbonyl (C=O) groups is 2. The Kier molecular flexibility index (Phi) is 7.34. The van der Waals surface area contributed by atoms with Gasteiger partial charge in [-0.25, -0.2) is 5.43 Å². The lowest BCUT2D eigenvalue weighted by atomic mass is 10.2. The molecule has 0 saturated heterocycles. The van der Waals surface area contributed by atoms with Crippen molar-refractivity contribution in [1.29, 1.82) is 0 Å². The van der Waals surface area contributed by atoms with E-state index in [1.54, 1.807) is 36.6 Å². The predicted molar refractivity (Wildman–Crippen MR) is 149 cm³/mol. The second-order valence-electron chi connectivity index (χ2n) is 8.31. The number of para-hydroxylation sites is 1. The highest BCUT2D eigenvalue weighted by Crippen LogP contribution is 2.21. The first-order chi connectivity index (χ1) is 18.2. The first-order valence-corrected chi connectivity index (χ1v) is 12.6. The van der Waals surface area contributed by atoms with Gasteiger partial charge in [0.25, 0.3) is 11.8 Å². The van der Waals surface area contributed by atoms with E-state index in [2.05, 4.69) is 38.6 Å². The third-order valence-electron chi connectivity index (χ3n) is 5.74. The molecule has 0 saturated carbocycles. The van der Waals surface area contributed by atoms with Gasteiger partial charge in [0, 0.05) is 39.6 Å². The zero-order chi connectivity index (χ0) is 25.5. The van der Waals surface area contributed by atoms with E-state index in [1.807, 2.05) is 66.2 Å². The molecule has 0 aliphatic rings. The number of fused-ring (bicyclic) bond motifs is 1. The lowest BCUT2D eigenvalue weighted by molar-refractivity contribution is -0.117. The lowest BCUT2D eigenvalue weighted by Crippen LogP contribution is -2.32. The Bertz CT molecular complexity index is 1570. The summed E-state index contributed by atoms with van der Waals surface area (Å²) in [5.41, 5.74) is 6.29. The molecule has 0 aliphatic heterocycles. The monoisotopic (exact) mass is 504 g/mol. The van der Waals surface area contributed by atoms with Crippen LogP contribution in [0.25, 0.3) is 17.0 Å². The van der Waals surface area contributed by atoms with E-state index in [1.165, 1.54) is 16.9 Å². The molecule has 37 heavy (non-hydrogen) atoms. The number of thiophene rings is 1. The molecule has 6 nitrogen and oxygen atoms in total. The van der Waals surface area contributed by atoms with Crippen molar-refractivity contribution < 1.29 is 9.59 Å². The molecular formula is C30H24N4O2S. The van der Waals surface area contributed by atoms with Gasteiger partial charge in [0.2, 0.25) is 0 Å². The largest absolute Gasteiger partial charge is 0.342 e. The number of amides is 2. The first kappa shape index (κ1) is 24.0. The van der Waals surface area contributed by atoms with Gasteiger partial charge in [-0.05, 0) is 41.3 Å². The minimum Gasteiger partial charge on any atom is -0.342 e. The molecule has 0 bridgehead atoms. The average molecular weight is 505 g/mol. The molecule has 0 aliphatic carbocycles. The summed E-state index contributed by atoms with van der Waals surface area (Å²) in [6.07, 6.45) is 5.29. The first-order valence-electron chi connectivity index (χ1n) is 11.7. The number of nitrogens with zero attached hydrogens (tertiary/aromatic N) is 2. The van der Waals surface area contributed by atoms with Crippen LogP contribution >= 0.6 is 11.3 Å². The molecule has 5 rings (SSSR count). The summed E-state index contributed by atoms with van der Waals surface area (Å²) >= 11 is 1.47. The SMILES string of the molecule is O=C(N/N=C\c1cn(Cc2ccccc2)c2ccccc12)/C(=C\c1cccs1)NC(=O)c1ccccc1. The van der Waals surface area contributed by atoms with Gasteiger partial charge in [-0.15, -0.1) is 11.3 Å². The third-order valence-corrected chi connectivity index (χ3v) is 6.56. The van der Waals surface area contributed by atoms with Crippen LogP contribution in [0.5, 0.6) is 0 Å². The van der Waals surface area contributed by atoms with Crippen LogP contribution < -0.4 is 10.7 Å². The van der Waals surface area contributed by atoms with Crippen LogP contribution in [0.3, 0.4) is 0 Å². The van der Waals surface area contributed by atoms with Crippen LogP contribution in [-0.4, -0.2) is 22.6 Å². The minimum atomic E-state index is -0.512. The maximum atomic E-state index is 13.0. The summed E-state index contributed by atoms with van der Waals surface area (Å²) in [6.45, 7) is 0.723. The van der Waals surface area contributed by atoms with Crippen molar-refractivity contribution in [3.8, 4) is 0 Å². The second kappa shape index (κ2) is 11.3. The van der Waals surface area contributed by atoms with Crippen molar-refractivity contribution in [2.24, 2.45) is 5.10 Å². The summed E-state index contributed by atoms with van der Waals surface area (Å²) in [5, 5.41) is 9.87. The van der Waals surface area contributed by atoms with Gasteiger partial charge >= 0.3 is 0 Å². The van der Waals surface area contributed by atoms with E-state index in [0.29, 0.717) is 5.56 Å².